The van der Waals surface area contributed by atoms with E-state index in [1.165, 1.54) is 12.8 Å². The quantitative estimate of drug-likeness (QED) is 0.843. The van der Waals surface area contributed by atoms with Crippen molar-refractivity contribution in [3.8, 4) is 0 Å². The van der Waals surface area contributed by atoms with Crippen LogP contribution >= 0.6 is 0 Å². The molecule has 2 saturated carbocycles. The number of nitrogens with one attached hydrogen (secondary N) is 1. The van der Waals surface area contributed by atoms with Crippen LogP contribution in [0.25, 0.3) is 0 Å². The average Bonchev–Trinajstić information content (AvgIpc) is 2.92. The molecular weight excluding hydrogens is 228 g/mol. The SMILES string of the molecule is Cc1nc(CN(C)C2C[C@H]3CC(O)C[C@H]3C2)n[nH]1. The molecule has 2 aliphatic carbocycles. The average molecular weight is 250 g/mol. The molecule has 0 aromatic carbocycles. The van der Waals surface area contributed by atoms with E-state index >= 15 is 0 Å². The van der Waals surface area contributed by atoms with E-state index in [1.54, 1.807) is 0 Å². The molecule has 0 radical (unpaired) electrons. The third-order valence-electron chi connectivity index (χ3n) is 4.62. The fourth-order valence-corrected chi connectivity index (χ4v) is 3.72. The summed E-state index contributed by atoms with van der Waals surface area (Å²) in [7, 11) is 2.16. The Morgan fingerprint density at radius 3 is 2.50 bits per heavy atom. The van der Waals surface area contributed by atoms with Crippen molar-refractivity contribution in [3.05, 3.63) is 11.6 Å². The van der Waals surface area contributed by atoms with Gasteiger partial charge in [0.2, 0.25) is 0 Å². The number of aromatic nitrogens is 3. The molecule has 5 nitrogen and oxygen atoms in total. The lowest BCUT2D eigenvalue weighted by molar-refractivity contribution is 0.157. The van der Waals surface area contributed by atoms with E-state index < -0.39 is 0 Å². The molecule has 3 rings (SSSR count). The summed E-state index contributed by atoms with van der Waals surface area (Å²) in [4.78, 5) is 6.73. The Balaban J connectivity index is 1.57. The molecule has 18 heavy (non-hydrogen) atoms. The van der Waals surface area contributed by atoms with Gasteiger partial charge < -0.3 is 5.11 Å². The van der Waals surface area contributed by atoms with Crippen LogP contribution in [0.5, 0.6) is 0 Å². The van der Waals surface area contributed by atoms with Crippen molar-refractivity contribution < 1.29 is 5.11 Å². The Morgan fingerprint density at radius 2 is 1.94 bits per heavy atom. The maximum atomic E-state index is 9.66. The van der Waals surface area contributed by atoms with E-state index in [-0.39, 0.29) is 6.10 Å². The van der Waals surface area contributed by atoms with Gasteiger partial charge in [0.15, 0.2) is 5.82 Å². The van der Waals surface area contributed by atoms with E-state index in [0.29, 0.717) is 6.04 Å². The molecular formula is C13H22N4O. The minimum absolute atomic E-state index is 0.0399. The lowest BCUT2D eigenvalue weighted by Gasteiger charge is -2.24. The van der Waals surface area contributed by atoms with Crippen molar-refractivity contribution in [2.45, 2.75) is 51.3 Å². The summed E-state index contributed by atoms with van der Waals surface area (Å²) < 4.78 is 0. The Morgan fingerprint density at radius 1 is 1.28 bits per heavy atom. The number of aryl methyl sites for hydroxylation is 1. The minimum Gasteiger partial charge on any atom is -0.393 e. The first-order valence-electron chi connectivity index (χ1n) is 6.88. The van der Waals surface area contributed by atoms with Crippen LogP contribution < -0.4 is 0 Å². The molecule has 0 aliphatic heterocycles. The van der Waals surface area contributed by atoms with Crippen molar-refractivity contribution >= 4 is 0 Å². The first-order valence-corrected chi connectivity index (χ1v) is 6.88. The number of aromatic amines is 1. The Hall–Kier alpha value is -0.940. The highest BCUT2D eigenvalue weighted by atomic mass is 16.3. The molecule has 4 atom stereocenters. The highest BCUT2D eigenvalue weighted by molar-refractivity contribution is 4.96. The zero-order valence-corrected chi connectivity index (χ0v) is 11.1. The van der Waals surface area contributed by atoms with E-state index in [9.17, 15) is 5.11 Å². The number of fused-ring (bicyclic) bond motifs is 1. The lowest BCUT2D eigenvalue weighted by atomic mass is 10.0. The van der Waals surface area contributed by atoms with E-state index in [0.717, 1.165) is 42.9 Å². The van der Waals surface area contributed by atoms with Gasteiger partial charge in [0.1, 0.15) is 5.82 Å². The summed E-state index contributed by atoms with van der Waals surface area (Å²) in [5.74, 6) is 3.24. The number of nitrogens with zero attached hydrogens (tertiary/aromatic N) is 3. The first-order chi connectivity index (χ1) is 8.61. The van der Waals surface area contributed by atoms with Gasteiger partial charge in [-0.1, -0.05) is 0 Å². The monoisotopic (exact) mass is 250 g/mol. The Bertz CT molecular complexity index is 405. The van der Waals surface area contributed by atoms with Gasteiger partial charge in [-0.2, -0.15) is 5.10 Å². The van der Waals surface area contributed by atoms with Crippen LogP contribution in [-0.2, 0) is 6.54 Å². The third-order valence-corrected chi connectivity index (χ3v) is 4.62. The van der Waals surface area contributed by atoms with Crippen molar-refractivity contribution in [1.82, 2.24) is 20.1 Å². The fourth-order valence-electron chi connectivity index (χ4n) is 3.72. The summed E-state index contributed by atoms with van der Waals surface area (Å²) >= 11 is 0. The second-order valence-electron chi connectivity index (χ2n) is 6.02. The van der Waals surface area contributed by atoms with Crippen molar-refractivity contribution in [3.63, 3.8) is 0 Å². The summed E-state index contributed by atoms with van der Waals surface area (Å²) in [5.41, 5.74) is 0. The van der Waals surface area contributed by atoms with E-state index in [2.05, 4.69) is 27.1 Å². The third kappa shape index (κ3) is 2.29. The van der Waals surface area contributed by atoms with Crippen molar-refractivity contribution in [1.29, 1.82) is 0 Å². The van der Waals surface area contributed by atoms with Crippen molar-refractivity contribution in [2.75, 3.05) is 7.05 Å². The van der Waals surface area contributed by atoms with Gasteiger partial charge in [-0.25, -0.2) is 4.98 Å². The summed E-state index contributed by atoms with van der Waals surface area (Å²) in [6.45, 7) is 2.74. The molecule has 0 amide bonds. The van der Waals surface area contributed by atoms with Crippen molar-refractivity contribution in [2.24, 2.45) is 11.8 Å². The zero-order valence-electron chi connectivity index (χ0n) is 11.1. The second-order valence-corrected chi connectivity index (χ2v) is 6.02. The molecule has 0 saturated heterocycles. The number of aliphatic hydroxyl groups excluding tert-OH is 1. The molecule has 1 heterocycles. The van der Waals surface area contributed by atoms with E-state index in [4.69, 9.17) is 0 Å². The van der Waals surface area contributed by atoms with Gasteiger partial charge in [0.25, 0.3) is 0 Å². The van der Waals surface area contributed by atoms with E-state index in [1.807, 2.05) is 6.92 Å². The van der Waals surface area contributed by atoms with Crippen LogP contribution in [0.1, 0.15) is 37.3 Å². The molecule has 1 aromatic heterocycles. The van der Waals surface area contributed by atoms with Gasteiger partial charge in [-0.05, 0) is 51.5 Å². The smallest absolute Gasteiger partial charge is 0.164 e. The number of hydrogen-bond acceptors (Lipinski definition) is 4. The standard InChI is InChI=1S/C13H22N4O/c1-8-14-13(16-15-8)7-17(2)11-3-9-5-12(18)6-10(9)4-11/h9-12,18H,3-7H2,1-2H3,(H,14,15,16)/t9-,10+,11?,12?. The molecule has 0 spiro atoms. The molecule has 0 bridgehead atoms. The largest absolute Gasteiger partial charge is 0.393 e. The normalized spacial score (nSPS) is 35.3. The molecule has 5 heteroatoms. The van der Waals surface area contributed by atoms with Crippen LogP contribution in [-0.4, -0.2) is 44.4 Å². The number of H-pyrrole nitrogens is 1. The van der Waals surface area contributed by atoms with Crippen LogP contribution in [0.15, 0.2) is 0 Å². The second kappa shape index (κ2) is 4.63. The van der Waals surface area contributed by atoms with Gasteiger partial charge in [-0.3, -0.25) is 10.00 Å². The molecule has 1 aromatic rings. The van der Waals surface area contributed by atoms with Gasteiger partial charge in [0.05, 0.1) is 12.6 Å². The molecule has 2 unspecified atom stereocenters. The highest BCUT2D eigenvalue weighted by Gasteiger charge is 2.42. The number of aliphatic hydroxyl groups is 1. The van der Waals surface area contributed by atoms with Crippen LogP contribution in [0, 0.1) is 18.8 Å². The lowest BCUT2D eigenvalue weighted by Crippen LogP contribution is -2.30. The van der Waals surface area contributed by atoms with Crippen LogP contribution in [0.3, 0.4) is 0 Å². The maximum Gasteiger partial charge on any atom is 0.164 e. The Kier molecular flexibility index (Phi) is 3.11. The first kappa shape index (κ1) is 12.1. The maximum absolute atomic E-state index is 9.66. The van der Waals surface area contributed by atoms with Gasteiger partial charge in [0, 0.05) is 6.04 Å². The molecule has 2 fully saturated rings. The van der Waals surface area contributed by atoms with Crippen LogP contribution in [0.2, 0.25) is 0 Å². The predicted molar refractivity (Wildman–Crippen MR) is 67.8 cm³/mol. The summed E-state index contributed by atoms with van der Waals surface area (Å²) in [5, 5.41) is 16.7. The number of rotatable bonds is 3. The summed E-state index contributed by atoms with van der Waals surface area (Å²) in [6, 6.07) is 0.631. The summed E-state index contributed by atoms with van der Waals surface area (Å²) in [6.07, 6.45) is 4.43. The molecule has 100 valence electrons. The topological polar surface area (TPSA) is 65.0 Å². The number of hydrogen-bond donors (Lipinski definition) is 2. The molecule has 2 aliphatic rings. The zero-order chi connectivity index (χ0) is 12.7. The molecule has 2 N–H and O–H groups in total. The van der Waals surface area contributed by atoms with Gasteiger partial charge in [-0.15, -0.1) is 0 Å². The Labute approximate surface area is 108 Å². The van der Waals surface area contributed by atoms with Gasteiger partial charge >= 0.3 is 0 Å². The minimum atomic E-state index is -0.0399. The highest BCUT2D eigenvalue weighted by Crippen LogP contribution is 2.45. The predicted octanol–water partition coefficient (Wildman–Crippen LogP) is 1.09. The fraction of sp³-hybridized carbons (Fsp3) is 0.846. The van der Waals surface area contributed by atoms with Crippen LogP contribution in [0.4, 0.5) is 0 Å².